The van der Waals surface area contributed by atoms with Crippen molar-refractivity contribution in [3.05, 3.63) is 50.1 Å². The summed E-state index contributed by atoms with van der Waals surface area (Å²) in [4.78, 5) is 22.9. The maximum Gasteiger partial charge on any atom is 0.416 e. The molecule has 0 aliphatic carbocycles. The van der Waals surface area contributed by atoms with Crippen molar-refractivity contribution in [3.63, 3.8) is 0 Å². The second-order valence-electron chi connectivity index (χ2n) is 5.07. The van der Waals surface area contributed by atoms with Crippen molar-refractivity contribution in [2.45, 2.75) is 25.8 Å². The quantitative estimate of drug-likeness (QED) is 0.817. The van der Waals surface area contributed by atoms with E-state index >= 15 is 0 Å². The maximum absolute atomic E-state index is 12.8. The topological polar surface area (TPSA) is 51.1 Å². The second-order valence-corrected chi connectivity index (χ2v) is 5.89. The summed E-state index contributed by atoms with van der Waals surface area (Å²) in [6, 6.07) is 0.760. The number of benzene rings is 1. The second kappa shape index (κ2) is 6.54. The Bertz CT molecular complexity index is 818. The molecule has 0 saturated heterocycles. The van der Waals surface area contributed by atoms with Crippen LogP contribution in [0.3, 0.4) is 0 Å². The van der Waals surface area contributed by atoms with Crippen LogP contribution in [0, 0.1) is 6.92 Å². The van der Waals surface area contributed by atoms with E-state index in [-0.39, 0.29) is 6.07 Å². The van der Waals surface area contributed by atoms with Crippen LogP contribution in [0.2, 0.25) is 0 Å². The molecular weight excluding hydrogens is 374 g/mol. The highest BCUT2D eigenvalue weighted by molar-refractivity contribution is 7.07. The van der Waals surface area contributed by atoms with Crippen molar-refractivity contribution < 1.29 is 31.1 Å². The number of hydrogen-bond donors (Lipinski definition) is 1. The van der Waals surface area contributed by atoms with E-state index in [9.17, 15) is 35.9 Å². The fourth-order valence-corrected chi connectivity index (χ4v) is 2.70. The number of alkyl halides is 6. The molecule has 1 amide bonds. The minimum absolute atomic E-state index is 0.0385. The molecule has 0 atom stereocenters. The summed E-state index contributed by atoms with van der Waals surface area (Å²) in [5.74, 6) is -0.920. The summed E-state index contributed by atoms with van der Waals surface area (Å²) in [5, 5.41) is 3.44. The first-order valence-corrected chi connectivity index (χ1v) is 7.50. The molecule has 0 saturated carbocycles. The number of carbonyl (C=O) groups is 1. The minimum Gasteiger partial charge on any atom is -0.325 e. The summed E-state index contributed by atoms with van der Waals surface area (Å²) < 4.78 is 77.6. The molecule has 1 aromatic carbocycles. The molecule has 2 rings (SSSR count). The van der Waals surface area contributed by atoms with Gasteiger partial charge < -0.3 is 5.32 Å². The number of nitrogens with zero attached hydrogens (tertiary/aromatic N) is 1. The van der Waals surface area contributed by atoms with E-state index in [0.29, 0.717) is 17.8 Å². The summed E-state index contributed by atoms with van der Waals surface area (Å²) in [6.07, 6.45) is -10.0. The third kappa shape index (κ3) is 4.62. The summed E-state index contributed by atoms with van der Waals surface area (Å²) in [7, 11) is 0. The Morgan fingerprint density at radius 2 is 1.60 bits per heavy atom. The van der Waals surface area contributed by atoms with Crippen molar-refractivity contribution in [1.82, 2.24) is 4.57 Å². The van der Waals surface area contributed by atoms with Gasteiger partial charge in [0.25, 0.3) is 0 Å². The molecule has 1 aromatic heterocycles. The third-order valence-electron chi connectivity index (χ3n) is 3.15. The van der Waals surface area contributed by atoms with Crippen LogP contribution in [0.4, 0.5) is 32.0 Å². The van der Waals surface area contributed by atoms with Crippen LogP contribution in [0.5, 0.6) is 0 Å². The van der Waals surface area contributed by atoms with Gasteiger partial charge in [0.15, 0.2) is 0 Å². The van der Waals surface area contributed by atoms with Gasteiger partial charge in [-0.2, -0.15) is 26.3 Å². The lowest BCUT2D eigenvalue weighted by atomic mass is 10.1. The average Bonchev–Trinajstić information content (AvgIpc) is 2.77. The number of amides is 1. The standard InChI is InChI=1S/C14H10F6N2O2S/c1-7-6-25-12(24)22(7)5-11(23)21-10-3-8(13(15,16)17)2-9(4-10)14(18,19)20/h2-4,6H,5H2,1H3,(H,21,23). The smallest absolute Gasteiger partial charge is 0.325 e. The summed E-state index contributed by atoms with van der Waals surface area (Å²) in [5.41, 5.74) is -3.29. The fourth-order valence-electron chi connectivity index (χ4n) is 1.97. The van der Waals surface area contributed by atoms with Gasteiger partial charge >= 0.3 is 17.2 Å². The first-order valence-electron chi connectivity index (χ1n) is 6.62. The number of aromatic nitrogens is 1. The number of anilines is 1. The van der Waals surface area contributed by atoms with Gasteiger partial charge in [-0.05, 0) is 25.1 Å². The number of carbonyl (C=O) groups excluding carboxylic acids is 1. The molecule has 0 fully saturated rings. The van der Waals surface area contributed by atoms with E-state index in [1.54, 1.807) is 0 Å². The normalized spacial score (nSPS) is 12.3. The van der Waals surface area contributed by atoms with Crippen molar-refractivity contribution in [2.24, 2.45) is 0 Å². The molecule has 1 N–H and O–H groups in total. The van der Waals surface area contributed by atoms with E-state index in [0.717, 1.165) is 15.9 Å². The van der Waals surface area contributed by atoms with Crippen LogP contribution in [0.15, 0.2) is 28.4 Å². The van der Waals surface area contributed by atoms with Crippen LogP contribution in [-0.4, -0.2) is 10.5 Å². The zero-order chi connectivity index (χ0) is 19.0. The highest BCUT2D eigenvalue weighted by Crippen LogP contribution is 2.37. The van der Waals surface area contributed by atoms with Gasteiger partial charge in [-0.15, -0.1) is 0 Å². The lowest BCUT2D eigenvalue weighted by Gasteiger charge is -2.15. The van der Waals surface area contributed by atoms with Crippen LogP contribution in [0.25, 0.3) is 0 Å². The number of aryl methyl sites for hydroxylation is 1. The van der Waals surface area contributed by atoms with Gasteiger partial charge in [-0.3, -0.25) is 14.2 Å². The van der Waals surface area contributed by atoms with Gasteiger partial charge in [0.1, 0.15) is 6.54 Å². The van der Waals surface area contributed by atoms with Crippen LogP contribution < -0.4 is 10.2 Å². The number of thiazole rings is 1. The van der Waals surface area contributed by atoms with E-state index < -0.39 is 46.5 Å². The predicted octanol–water partition coefficient (Wildman–Crippen LogP) is 3.89. The Balaban J connectivity index is 2.32. The van der Waals surface area contributed by atoms with Gasteiger partial charge in [0, 0.05) is 16.8 Å². The Hall–Kier alpha value is -2.30. The SMILES string of the molecule is Cc1csc(=O)n1CC(=O)Nc1cc(C(F)(F)F)cc(C(F)(F)F)c1. The molecule has 0 unspecified atom stereocenters. The maximum atomic E-state index is 12.8. The molecule has 11 heteroatoms. The van der Waals surface area contributed by atoms with E-state index in [2.05, 4.69) is 0 Å². The first-order chi connectivity index (χ1) is 11.4. The van der Waals surface area contributed by atoms with Crippen LogP contribution in [0.1, 0.15) is 16.8 Å². The zero-order valence-electron chi connectivity index (χ0n) is 12.5. The lowest BCUT2D eigenvalue weighted by molar-refractivity contribution is -0.143. The molecule has 1 heterocycles. The highest BCUT2D eigenvalue weighted by Gasteiger charge is 2.37. The number of rotatable bonds is 3. The van der Waals surface area contributed by atoms with Crippen molar-refractivity contribution >= 4 is 22.9 Å². The van der Waals surface area contributed by atoms with E-state index in [1.807, 2.05) is 5.32 Å². The zero-order valence-corrected chi connectivity index (χ0v) is 13.3. The molecule has 4 nitrogen and oxygen atoms in total. The van der Waals surface area contributed by atoms with Gasteiger partial charge in [-0.25, -0.2) is 0 Å². The van der Waals surface area contributed by atoms with Crippen molar-refractivity contribution in [2.75, 3.05) is 5.32 Å². The summed E-state index contributed by atoms with van der Waals surface area (Å²) in [6.45, 7) is 1.02. The molecular formula is C14H10F6N2O2S. The molecule has 136 valence electrons. The predicted molar refractivity (Wildman–Crippen MR) is 78.4 cm³/mol. The molecule has 25 heavy (non-hydrogen) atoms. The molecule has 0 aliphatic heterocycles. The van der Waals surface area contributed by atoms with E-state index in [4.69, 9.17) is 0 Å². The number of halogens is 6. The van der Waals surface area contributed by atoms with Crippen molar-refractivity contribution in [1.29, 1.82) is 0 Å². The van der Waals surface area contributed by atoms with Gasteiger partial charge in [0.2, 0.25) is 5.91 Å². The molecule has 0 bridgehead atoms. The molecule has 2 aromatic rings. The summed E-state index contributed by atoms with van der Waals surface area (Å²) >= 11 is 0.821. The van der Waals surface area contributed by atoms with Crippen molar-refractivity contribution in [3.8, 4) is 0 Å². The highest BCUT2D eigenvalue weighted by atomic mass is 32.1. The first kappa shape index (κ1) is 19.0. The van der Waals surface area contributed by atoms with Gasteiger partial charge in [-0.1, -0.05) is 11.3 Å². The van der Waals surface area contributed by atoms with E-state index in [1.165, 1.54) is 12.3 Å². The lowest BCUT2D eigenvalue weighted by Crippen LogP contribution is -2.25. The molecule has 0 spiro atoms. The molecule has 0 aliphatic rings. The Kier molecular flexibility index (Phi) is 4.98. The monoisotopic (exact) mass is 384 g/mol. The Morgan fingerprint density at radius 3 is 2.00 bits per heavy atom. The van der Waals surface area contributed by atoms with Gasteiger partial charge in [0.05, 0.1) is 11.1 Å². The Morgan fingerprint density at radius 1 is 1.08 bits per heavy atom. The van der Waals surface area contributed by atoms with Crippen LogP contribution >= 0.6 is 11.3 Å². The number of hydrogen-bond acceptors (Lipinski definition) is 3. The average molecular weight is 384 g/mol. The largest absolute Gasteiger partial charge is 0.416 e. The molecule has 0 radical (unpaired) electrons. The Labute approximate surface area is 140 Å². The van der Waals surface area contributed by atoms with Crippen LogP contribution in [-0.2, 0) is 23.7 Å². The number of nitrogens with one attached hydrogen (secondary N) is 1. The minimum atomic E-state index is -5.01. The fraction of sp³-hybridized carbons (Fsp3) is 0.286. The third-order valence-corrected chi connectivity index (χ3v) is 4.03.